The van der Waals surface area contributed by atoms with Crippen molar-refractivity contribution in [2.45, 2.75) is 43.5 Å². The van der Waals surface area contributed by atoms with Crippen molar-refractivity contribution in [3.63, 3.8) is 0 Å². The van der Waals surface area contributed by atoms with Crippen LogP contribution in [0.25, 0.3) is 10.9 Å². The van der Waals surface area contributed by atoms with Gasteiger partial charge in [-0.1, -0.05) is 18.5 Å². The second-order valence-corrected chi connectivity index (χ2v) is 8.45. The van der Waals surface area contributed by atoms with Gasteiger partial charge in [-0.15, -0.1) is 0 Å². The van der Waals surface area contributed by atoms with Gasteiger partial charge >= 0.3 is 6.18 Å². The van der Waals surface area contributed by atoms with Crippen LogP contribution in [0.5, 0.6) is 5.75 Å². The topological polar surface area (TPSA) is 85.4 Å². The highest BCUT2D eigenvalue weighted by Gasteiger charge is 2.62. The van der Waals surface area contributed by atoms with Gasteiger partial charge in [-0.3, -0.25) is 4.79 Å². The van der Waals surface area contributed by atoms with E-state index in [1.165, 1.54) is 6.07 Å². The van der Waals surface area contributed by atoms with Gasteiger partial charge in [0.15, 0.2) is 5.60 Å². The fraction of sp³-hybridized carbons (Fsp3) is 0.318. The van der Waals surface area contributed by atoms with Crippen LogP contribution in [-0.4, -0.2) is 27.0 Å². The second-order valence-electron chi connectivity index (χ2n) is 8.07. The summed E-state index contributed by atoms with van der Waals surface area (Å²) in [5, 5.41) is 23.4. The fourth-order valence-corrected chi connectivity index (χ4v) is 4.66. The summed E-state index contributed by atoms with van der Waals surface area (Å²) >= 11 is 5.81. The van der Waals surface area contributed by atoms with E-state index in [9.17, 15) is 37.0 Å². The normalized spacial score (nSPS) is 22.9. The number of aromatic amines is 1. The number of anilines is 1. The number of H-pyrrole nitrogens is 1. The zero-order valence-corrected chi connectivity index (χ0v) is 17.8. The van der Waals surface area contributed by atoms with Crippen molar-refractivity contribution in [2.75, 3.05) is 5.32 Å². The Kier molecular flexibility index (Phi) is 5.57. The lowest BCUT2D eigenvalue weighted by Gasteiger charge is -2.46. The van der Waals surface area contributed by atoms with E-state index >= 15 is 0 Å². The monoisotopic (exact) mass is 488 g/mol. The number of halogens is 6. The SMILES string of the molecule is CC[C@@H]1C[C@](O)(C(F)(F)F)[C@@H](Nc2cc(F)cc3[nH]c(=O)ccc23)c2cc(F)c(Cl)c(O)c21. The molecule has 1 aromatic heterocycles. The van der Waals surface area contributed by atoms with Gasteiger partial charge in [-0.2, -0.15) is 13.2 Å². The van der Waals surface area contributed by atoms with Crippen LogP contribution in [0.15, 0.2) is 35.1 Å². The Balaban J connectivity index is 1.99. The number of rotatable bonds is 3. The van der Waals surface area contributed by atoms with Crippen molar-refractivity contribution in [3.8, 4) is 5.75 Å². The van der Waals surface area contributed by atoms with Crippen molar-refractivity contribution < 1.29 is 32.2 Å². The number of alkyl halides is 3. The van der Waals surface area contributed by atoms with E-state index in [1.54, 1.807) is 6.92 Å². The van der Waals surface area contributed by atoms with E-state index in [4.69, 9.17) is 11.6 Å². The lowest BCUT2D eigenvalue weighted by molar-refractivity contribution is -0.272. The molecule has 176 valence electrons. The third kappa shape index (κ3) is 3.71. The first-order valence-electron chi connectivity index (χ1n) is 9.96. The summed E-state index contributed by atoms with van der Waals surface area (Å²) in [6.07, 6.45) is -5.92. The third-order valence-electron chi connectivity index (χ3n) is 6.11. The van der Waals surface area contributed by atoms with Crippen LogP contribution in [-0.2, 0) is 0 Å². The summed E-state index contributed by atoms with van der Waals surface area (Å²) in [6.45, 7) is 1.56. The Morgan fingerprint density at radius 1 is 1.24 bits per heavy atom. The predicted octanol–water partition coefficient (Wildman–Crippen LogP) is 5.51. The highest BCUT2D eigenvalue weighted by atomic mass is 35.5. The lowest BCUT2D eigenvalue weighted by atomic mass is 9.69. The molecule has 0 amide bonds. The van der Waals surface area contributed by atoms with Crippen molar-refractivity contribution in [3.05, 3.63) is 68.5 Å². The van der Waals surface area contributed by atoms with Crippen LogP contribution in [0.3, 0.4) is 0 Å². The Morgan fingerprint density at radius 3 is 2.58 bits per heavy atom. The molecule has 0 radical (unpaired) electrons. The standard InChI is InChI=1S/C22H18ClF5N2O3/c1-2-9-8-21(33,22(26,27)28)20(12-7-13(25)18(23)19(32)17(9)12)30-15-6-10(24)5-14-11(15)3-4-16(31)29-14/h3-7,9,20,30,32-33H,2,8H2,1H3,(H,29,31)/t9-,20+,21-/m1/s1. The summed E-state index contributed by atoms with van der Waals surface area (Å²) in [4.78, 5) is 14.0. The number of phenolic OH excluding ortho intramolecular Hbond substituents is 1. The van der Waals surface area contributed by atoms with Gasteiger partial charge in [0.05, 0.1) is 11.6 Å². The molecule has 4 rings (SSSR count). The quantitative estimate of drug-likeness (QED) is 0.366. The van der Waals surface area contributed by atoms with Gasteiger partial charge in [0, 0.05) is 22.7 Å². The van der Waals surface area contributed by atoms with E-state index in [1.807, 2.05) is 0 Å². The molecule has 3 atom stereocenters. The van der Waals surface area contributed by atoms with Crippen molar-refractivity contribution in [1.29, 1.82) is 0 Å². The first-order chi connectivity index (χ1) is 15.4. The highest BCUT2D eigenvalue weighted by molar-refractivity contribution is 6.32. The van der Waals surface area contributed by atoms with Gasteiger partial charge in [-0.25, -0.2) is 8.78 Å². The number of fused-ring (bicyclic) bond motifs is 2. The van der Waals surface area contributed by atoms with E-state index in [0.29, 0.717) is 0 Å². The molecule has 0 bridgehead atoms. The van der Waals surface area contributed by atoms with Gasteiger partial charge in [0.1, 0.15) is 22.4 Å². The molecule has 33 heavy (non-hydrogen) atoms. The van der Waals surface area contributed by atoms with Crippen molar-refractivity contribution >= 4 is 28.2 Å². The molecule has 0 fully saturated rings. The lowest BCUT2D eigenvalue weighted by Crippen LogP contribution is -2.55. The molecule has 0 spiro atoms. The number of benzene rings is 2. The van der Waals surface area contributed by atoms with Gasteiger partial charge < -0.3 is 20.5 Å². The maximum absolute atomic E-state index is 14.4. The molecule has 0 saturated carbocycles. The summed E-state index contributed by atoms with van der Waals surface area (Å²) in [5.74, 6) is -3.73. The van der Waals surface area contributed by atoms with Crippen LogP contribution in [0.1, 0.15) is 42.9 Å². The zero-order valence-electron chi connectivity index (χ0n) is 17.0. The molecule has 3 aromatic rings. The molecule has 11 heteroatoms. The van der Waals surface area contributed by atoms with Crippen LogP contribution in [0, 0.1) is 11.6 Å². The average Bonchev–Trinajstić information content (AvgIpc) is 2.72. The smallest absolute Gasteiger partial charge is 0.419 e. The Bertz CT molecular complexity index is 1310. The minimum atomic E-state index is -5.17. The Labute approximate surface area is 188 Å². The van der Waals surface area contributed by atoms with E-state index < -0.39 is 58.1 Å². The maximum Gasteiger partial charge on any atom is 0.419 e. The summed E-state index contributed by atoms with van der Waals surface area (Å²) in [6, 6.07) is 2.98. The Morgan fingerprint density at radius 2 is 1.94 bits per heavy atom. The Hall–Kier alpha value is -2.85. The van der Waals surface area contributed by atoms with Crippen molar-refractivity contribution in [2.24, 2.45) is 0 Å². The van der Waals surface area contributed by atoms with Crippen LogP contribution in [0.2, 0.25) is 5.02 Å². The van der Waals surface area contributed by atoms with Gasteiger partial charge in [-0.05, 0) is 48.6 Å². The zero-order chi connectivity index (χ0) is 24.3. The number of phenols is 1. The van der Waals surface area contributed by atoms with E-state index in [-0.39, 0.29) is 34.1 Å². The average molecular weight is 489 g/mol. The molecule has 1 aliphatic rings. The first-order valence-corrected chi connectivity index (χ1v) is 10.3. The number of aromatic nitrogens is 1. The molecule has 1 aliphatic carbocycles. The molecule has 1 heterocycles. The maximum atomic E-state index is 14.4. The molecular weight excluding hydrogens is 471 g/mol. The molecule has 5 nitrogen and oxygen atoms in total. The summed E-state index contributed by atoms with van der Waals surface area (Å²) in [7, 11) is 0. The van der Waals surface area contributed by atoms with Crippen LogP contribution < -0.4 is 10.9 Å². The highest BCUT2D eigenvalue weighted by Crippen LogP contribution is 2.56. The second kappa shape index (κ2) is 7.88. The number of hydrogen-bond acceptors (Lipinski definition) is 4. The number of pyridine rings is 1. The predicted molar refractivity (Wildman–Crippen MR) is 113 cm³/mol. The number of hydrogen-bond donors (Lipinski definition) is 4. The fourth-order valence-electron chi connectivity index (χ4n) is 4.50. The molecule has 4 N–H and O–H groups in total. The molecule has 2 aromatic carbocycles. The molecule has 0 saturated heterocycles. The number of nitrogens with one attached hydrogen (secondary N) is 2. The number of aliphatic hydroxyl groups is 1. The molecular formula is C22H18ClF5N2O3. The first kappa shape index (κ1) is 23.3. The summed E-state index contributed by atoms with van der Waals surface area (Å²) in [5.41, 5.74) is -4.49. The minimum absolute atomic E-state index is 0.00755. The third-order valence-corrected chi connectivity index (χ3v) is 6.47. The van der Waals surface area contributed by atoms with Gasteiger partial charge in [0.25, 0.3) is 0 Å². The van der Waals surface area contributed by atoms with E-state index in [0.717, 1.165) is 24.3 Å². The molecule has 0 aliphatic heterocycles. The number of aromatic hydroxyl groups is 1. The summed E-state index contributed by atoms with van der Waals surface area (Å²) < 4.78 is 71.3. The van der Waals surface area contributed by atoms with E-state index in [2.05, 4.69) is 10.3 Å². The largest absolute Gasteiger partial charge is 0.506 e. The van der Waals surface area contributed by atoms with Gasteiger partial charge in [0.2, 0.25) is 5.56 Å². The van der Waals surface area contributed by atoms with Crippen LogP contribution >= 0.6 is 11.6 Å². The van der Waals surface area contributed by atoms with Crippen LogP contribution in [0.4, 0.5) is 27.6 Å². The molecule has 0 unspecified atom stereocenters. The minimum Gasteiger partial charge on any atom is -0.506 e. The van der Waals surface area contributed by atoms with Crippen molar-refractivity contribution in [1.82, 2.24) is 4.98 Å².